The average Bonchev–Trinajstić information content (AvgIpc) is 1.42. The third kappa shape index (κ3) is 38.8. The topological polar surface area (TPSA) is 60.4 Å². The minimum atomic E-state index is -2.55. The first kappa shape index (κ1) is 17.1. The summed E-state index contributed by atoms with van der Waals surface area (Å²) < 4.78 is 36.6. The van der Waals surface area contributed by atoms with E-state index in [-0.39, 0.29) is 0 Å². The van der Waals surface area contributed by atoms with Gasteiger partial charge in [-0.25, -0.2) is 0 Å². The fourth-order valence-corrected chi connectivity index (χ4v) is 4.26. The molecule has 0 spiro atoms. The van der Waals surface area contributed by atoms with Gasteiger partial charge in [-0.05, 0) is 20.0 Å². The van der Waals surface area contributed by atoms with Crippen LogP contribution in [0.25, 0.3) is 0 Å². The van der Waals surface area contributed by atoms with E-state index in [1.54, 1.807) is 20.0 Å². The molecular weight excluding hydrogens is 241 g/mol. The van der Waals surface area contributed by atoms with Gasteiger partial charge in [0.1, 0.15) is 0 Å². The van der Waals surface area contributed by atoms with Crippen molar-refractivity contribution in [3.05, 3.63) is 0 Å². The quantitative estimate of drug-likeness (QED) is 0.716. The average molecular weight is 262 g/mol. The van der Waals surface area contributed by atoms with Crippen LogP contribution in [0.5, 0.6) is 0 Å². The van der Waals surface area contributed by atoms with Gasteiger partial charge in [-0.2, -0.15) is 0 Å². The van der Waals surface area contributed by atoms with Crippen LogP contribution < -0.4 is 0 Å². The molecule has 0 aromatic carbocycles. The number of hydrogen-bond donors (Lipinski definition) is 0. The molecule has 0 aliphatic rings. The van der Waals surface area contributed by atoms with Crippen LogP contribution in [0.4, 0.5) is 0 Å². The lowest BCUT2D eigenvalue weighted by Gasteiger charge is -2.10. The molecule has 0 N–H and O–H groups in total. The second kappa shape index (κ2) is 5.66. The zero-order valence-electron chi connectivity index (χ0n) is 9.97. The van der Waals surface area contributed by atoms with Gasteiger partial charge in [-0.3, -0.25) is 13.4 Å². The van der Waals surface area contributed by atoms with Gasteiger partial charge in [0.15, 0.2) is 0 Å². The maximum absolute atomic E-state index is 10.8. The highest BCUT2D eigenvalue weighted by Gasteiger charge is 2.16. The first-order valence-electron chi connectivity index (χ1n) is 4.04. The van der Waals surface area contributed by atoms with Crippen LogP contribution in [0.1, 0.15) is 0 Å². The molecule has 7 heteroatoms. The summed E-state index contributed by atoms with van der Waals surface area (Å²) in [5.41, 5.74) is 0. The van der Waals surface area contributed by atoms with Crippen LogP contribution in [-0.2, 0) is 18.0 Å². The van der Waals surface area contributed by atoms with Gasteiger partial charge in [0.05, 0.1) is 7.14 Å². The molecule has 0 bridgehead atoms. The predicted octanol–water partition coefficient (Wildman–Crippen LogP) is 3.32. The van der Waals surface area contributed by atoms with Crippen molar-refractivity contribution in [1.82, 2.24) is 0 Å². The summed E-state index contributed by atoms with van der Waals surface area (Å²) in [6.07, 6.45) is 0. The Kier molecular flexibility index (Phi) is 6.89. The van der Waals surface area contributed by atoms with Gasteiger partial charge in [0.25, 0.3) is 0 Å². The highest BCUT2D eigenvalue weighted by molar-refractivity contribution is 7.70. The highest BCUT2D eigenvalue weighted by Crippen LogP contribution is 2.55. The van der Waals surface area contributed by atoms with Crippen molar-refractivity contribution in [2.24, 2.45) is 0 Å². The lowest BCUT2D eigenvalue weighted by molar-refractivity contribution is 0.473. The highest BCUT2D eigenvalue weighted by atomic mass is 31.2. The lowest BCUT2D eigenvalue weighted by atomic mass is 11.9. The van der Waals surface area contributed by atoms with E-state index in [0.29, 0.717) is 0 Å². The summed E-state index contributed by atoms with van der Waals surface area (Å²) in [6.45, 7) is 11.0. The molecule has 0 heterocycles. The van der Waals surface area contributed by atoms with Crippen molar-refractivity contribution in [3.8, 4) is 0 Å². The third-order valence-electron chi connectivity index (χ3n) is 0.393. The lowest BCUT2D eigenvalue weighted by Crippen LogP contribution is -1.81. The van der Waals surface area contributed by atoms with E-state index in [0.717, 1.165) is 0 Å². The Morgan fingerprint density at radius 2 is 0.786 bits per heavy atom. The first-order valence-corrected chi connectivity index (χ1v) is 12.1. The summed E-state index contributed by atoms with van der Waals surface area (Å²) in [5, 5.41) is 0. The summed E-state index contributed by atoms with van der Waals surface area (Å²) in [7, 11) is -6.74. The van der Waals surface area contributed by atoms with Crippen molar-refractivity contribution in [2.75, 3.05) is 46.7 Å². The van der Waals surface area contributed by atoms with E-state index in [9.17, 15) is 13.7 Å². The van der Waals surface area contributed by atoms with Crippen molar-refractivity contribution in [3.63, 3.8) is 0 Å². The van der Waals surface area contributed by atoms with E-state index >= 15 is 0 Å². The normalized spacial score (nSPS) is 13.1. The second-order valence-corrected chi connectivity index (χ2v) is 13.9. The molecule has 4 nitrogen and oxygen atoms in total. The molecule has 0 amide bonds. The Labute approximate surface area is 87.1 Å². The zero-order chi connectivity index (χ0) is 12.2. The second-order valence-electron chi connectivity index (χ2n) is 4.48. The van der Waals surface area contributed by atoms with Crippen molar-refractivity contribution in [2.45, 2.75) is 0 Å². The van der Waals surface area contributed by atoms with Gasteiger partial charge >= 0.3 is 0 Å². The van der Waals surface area contributed by atoms with Gasteiger partial charge in [-0.15, -0.1) is 0 Å². The summed E-state index contributed by atoms with van der Waals surface area (Å²) >= 11 is 0. The van der Waals surface area contributed by atoms with Gasteiger partial charge in [-0.1, -0.05) is 0 Å². The Bertz CT molecular complexity index is 264. The standard InChI is InChI=1S/C4H12O3P2.C3H9OP/c1-8(2,5)7-9(3,4)6;1-5(2,3)4/h1-4H3;1-3H3. The Hall–Kier alpha value is 0.650. The van der Waals surface area contributed by atoms with E-state index in [4.69, 9.17) is 4.31 Å². The largest absolute Gasteiger partial charge is 0.324 e. The maximum Gasteiger partial charge on any atom is 0.202 e. The van der Waals surface area contributed by atoms with Crippen LogP contribution in [0.15, 0.2) is 0 Å². The minimum absolute atomic E-state index is 1.45. The molecule has 0 aliphatic heterocycles. The van der Waals surface area contributed by atoms with Crippen molar-refractivity contribution in [1.29, 1.82) is 0 Å². The van der Waals surface area contributed by atoms with Crippen molar-refractivity contribution >= 4 is 21.9 Å². The summed E-state index contributed by atoms with van der Waals surface area (Å²) in [5.74, 6) is 0. The summed E-state index contributed by atoms with van der Waals surface area (Å²) in [6, 6.07) is 0. The van der Waals surface area contributed by atoms with Gasteiger partial charge < -0.3 is 4.57 Å². The van der Waals surface area contributed by atoms with E-state index in [1.807, 2.05) is 0 Å². The minimum Gasteiger partial charge on any atom is -0.324 e. The zero-order valence-corrected chi connectivity index (χ0v) is 12.7. The van der Waals surface area contributed by atoms with Gasteiger partial charge in [0.2, 0.25) is 14.7 Å². The van der Waals surface area contributed by atoms with E-state index in [2.05, 4.69) is 0 Å². The number of hydrogen-bond acceptors (Lipinski definition) is 4. The van der Waals surface area contributed by atoms with Crippen LogP contribution in [0, 0.1) is 0 Å². The maximum atomic E-state index is 10.8. The molecule has 0 atom stereocenters. The molecule has 0 rings (SSSR count). The molecule has 14 heavy (non-hydrogen) atoms. The predicted molar refractivity (Wildman–Crippen MR) is 65.4 cm³/mol. The molecule has 0 saturated heterocycles. The number of rotatable bonds is 2. The van der Waals surface area contributed by atoms with Crippen LogP contribution in [0.2, 0.25) is 0 Å². The molecular formula is C7H21O4P3. The molecule has 0 fully saturated rings. The SMILES string of the molecule is CP(C)(=O)OP(C)(C)=O.CP(C)(C)=O. The monoisotopic (exact) mass is 262 g/mol. The van der Waals surface area contributed by atoms with Gasteiger partial charge in [0, 0.05) is 26.7 Å². The Morgan fingerprint density at radius 3 is 0.786 bits per heavy atom. The van der Waals surface area contributed by atoms with Crippen LogP contribution in [0.3, 0.4) is 0 Å². The fraction of sp³-hybridized carbons (Fsp3) is 1.00. The molecule has 0 radical (unpaired) electrons. The molecule has 0 aromatic rings. The van der Waals surface area contributed by atoms with Crippen molar-refractivity contribution < 1.29 is 18.0 Å². The molecule has 0 aliphatic carbocycles. The first-order chi connectivity index (χ1) is 5.71. The third-order valence-corrected chi connectivity index (χ3v) is 3.54. The van der Waals surface area contributed by atoms with Crippen LogP contribution in [-0.4, -0.2) is 46.7 Å². The smallest absolute Gasteiger partial charge is 0.202 e. The molecule has 0 saturated carbocycles. The van der Waals surface area contributed by atoms with E-state index < -0.39 is 21.9 Å². The summed E-state index contributed by atoms with van der Waals surface area (Å²) in [4.78, 5) is 0. The fourth-order valence-electron chi connectivity index (χ4n) is 0.474. The molecule has 88 valence electrons. The Balaban J connectivity index is 0. The van der Waals surface area contributed by atoms with Crippen LogP contribution >= 0.6 is 21.9 Å². The molecule has 0 unspecified atom stereocenters. The Morgan fingerprint density at radius 1 is 0.643 bits per heavy atom. The van der Waals surface area contributed by atoms with E-state index in [1.165, 1.54) is 26.7 Å². The molecule has 0 aromatic heterocycles.